The van der Waals surface area contributed by atoms with Crippen LogP contribution in [-0.2, 0) is 4.79 Å². The largest absolute Gasteiger partial charge is 0.483 e. The van der Waals surface area contributed by atoms with E-state index >= 15 is 0 Å². The molecule has 0 aliphatic carbocycles. The molecule has 1 heterocycles. The second kappa shape index (κ2) is 9.01. The van der Waals surface area contributed by atoms with Gasteiger partial charge in [0, 0.05) is 11.3 Å². The Kier molecular flexibility index (Phi) is 5.60. The first-order valence-corrected chi connectivity index (χ1v) is 10.7. The second-order valence-electron chi connectivity index (χ2n) is 7.75. The van der Waals surface area contributed by atoms with E-state index in [1.807, 2.05) is 67.6 Å². The molecule has 5 heteroatoms. The Morgan fingerprint density at radius 1 is 0.848 bits per heavy atom. The number of carbonyl (C=O) groups excluding carboxylic acids is 1. The van der Waals surface area contributed by atoms with Crippen molar-refractivity contribution in [3.8, 4) is 28.3 Å². The Morgan fingerprint density at radius 3 is 2.33 bits per heavy atom. The quantitative estimate of drug-likeness (QED) is 0.332. The van der Waals surface area contributed by atoms with Gasteiger partial charge in [0.2, 0.25) is 5.89 Å². The molecule has 0 saturated heterocycles. The monoisotopic (exact) mass is 434 g/mol. The number of hydrogen-bond acceptors (Lipinski definition) is 4. The molecule has 5 nitrogen and oxygen atoms in total. The van der Waals surface area contributed by atoms with Crippen LogP contribution in [0.2, 0.25) is 0 Å². The van der Waals surface area contributed by atoms with E-state index in [1.54, 1.807) is 12.1 Å². The number of carbonyl (C=O) groups is 1. The number of amides is 1. The zero-order valence-corrected chi connectivity index (χ0v) is 18.1. The number of aromatic nitrogens is 1. The normalized spacial score (nSPS) is 10.8. The molecule has 5 rings (SSSR count). The van der Waals surface area contributed by atoms with Crippen molar-refractivity contribution < 1.29 is 13.9 Å². The van der Waals surface area contributed by atoms with Gasteiger partial charge in [0.25, 0.3) is 5.91 Å². The van der Waals surface area contributed by atoms with Crippen LogP contribution in [0.15, 0.2) is 101 Å². The van der Waals surface area contributed by atoms with Gasteiger partial charge in [-0.25, -0.2) is 4.98 Å². The number of ether oxygens (including phenoxy) is 1. The lowest BCUT2D eigenvalue weighted by molar-refractivity contribution is -0.118. The third-order valence-corrected chi connectivity index (χ3v) is 5.36. The minimum absolute atomic E-state index is 0.0687. The van der Waals surface area contributed by atoms with Crippen molar-refractivity contribution in [2.75, 3.05) is 11.9 Å². The van der Waals surface area contributed by atoms with Crippen LogP contribution in [0.5, 0.6) is 5.75 Å². The van der Waals surface area contributed by atoms with Crippen LogP contribution in [0, 0.1) is 6.92 Å². The van der Waals surface area contributed by atoms with Gasteiger partial charge >= 0.3 is 0 Å². The number of fused-ring (bicyclic) bond motifs is 1. The number of anilines is 1. The van der Waals surface area contributed by atoms with Gasteiger partial charge in [-0.15, -0.1) is 0 Å². The SMILES string of the molecule is Cc1ccccc1OCC(=O)Nc1ccc2oc(-c3ccc(-c4ccccc4)cc3)nc2c1. The Bertz CT molecular complexity index is 1410. The minimum Gasteiger partial charge on any atom is -0.483 e. The smallest absolute Gasteiger partial charge is 0.262 e. The molecule has 0 spiro atoms. The van der Waals surface area contributed by atoms with Gasteiger partial charge in [0.05, 0.1) is 0 Å². The fourth-order valence-corrected chi connectivity index (χ4v) is 3.62. The third kappa shape index (κ3) is 4.62. The summed E-state index contributed by atoms with van der Waals surface area (Å²) >= 11 is 0. The van der Waals surface area contributed by atoms with Crippen molar-refractivity contribution in [1.82, 2.24) is 4.98 Å². The molecular formula is C28H22N2O3. The van der Waals surface area contributed by atoms with Crippen LogP contribution in [0.1, 0.15) is 5.56 Å². The number of nitrogens with one attached hydrogen (secondary N) is 1. The first-order chi connectivity index (χ1) is 16.2. The molecule has 4 aromatic carbocycles. The summed E-state index contributed by atoms with van der Waals surface area (Å²) in [6.07, 6.45) is 0. The van der Waals surface area contributed by atoms with Gasteiger partial charge in [-0.1, -0.05) is 60.7 Å². The molecule has 0 bridgehead atoms. The summed E-state index contributed by atoms with van der Waals surface area (Å²) in [5.41, 5.74) is 6.14. The maximum Gasteiger partial charge on any atom is 0.262 e. The molecular weight excluding hydrogens is 412 g/mol. The van der Waals surface area contributed by atoms with Crippen molar-refractivity contribution in [1.29, 1.82) is 0 Å². The molecule has 0 unspecified atom stereocenters. The predicted octanol–water partition coefficient (Wildman–Crippen LogP) is 6.49. The highest BCUT2D eigenvalue weighted by molar-refractivity contribution is 5.94. The molecule has 0 aliphatic heterocycles. The molecule has 0 radical (unpaired) electrons. The summed E-state index contributed by atoms with van der Waals surface area (Å²) in [5.74, 6) is 0.997. The van der Waals surface area contributed by atoms with Crippen molar-refractivity contribution in [2.45, 2.75) is 6.92 Å². The molecule has 162 valence electrons. The van der Waals surface area contributed by atoms with Crippen LogP contribution >= 0.6 is 0 Å². The van der Waals surface area contributed by atoms with Gasteiger partial charge < -0.3 is 14.5 Å². The van der Waals surface area contributed by atoms with Gasteiger partial charge in [-0.3, -0.25) is 4.79 Å². The summed E-state index contributed by atoms with van der Waals surface area (Å²) in [6, 6.07) is 31.3. The number of benzene rings is 4. The topological polar surface area (TPSA) is 64.4 Å². The molecule has 0 fully saturated rings. The van der Waals surface area contributed by atoms with E-state index < -0.39 is 0 Å². The van der Waals surface area contributed by atoms with Crippen LogP contribution in [0.3, 0.4) is 0 Å². The standard InChI is InChI=1S/C28H22N2O3/c1-19-7-5-6-10-25(19)32-18-27(31)29-23-15-16-26-24(17-23)30-28(33-26)22-13-11-21(12-14-22)20-8-3-2-4-9-20/h2-17H,18H2,1H3,(H,29,31). The zero-order valence-electron chi connectivity index (χ0n) is 18.1. The van der Waals surface area contributed by atoms with E-state index in [0.717, 1.165) is 22.3 Å². The summed E-state index contributed by atoms with van der Waals surface area (Å²) in [4.78, 5) is 16.9. The lowest BCUT2D eigenvalue weighted by Crippen LogP contribution is -2.20. The van der Waals surface area contributed by atoms with Gasteiger partial charge in [0.15, 0.2) is 12.2 Å². The minimum atomic E-state index is -0.238. The number of aryl methyl sites for hydroxylation is 1. The summed E-state index contributed by atoms with van der Waals surface area (Å²) < 4.78 is 11.5. The Balaban J connectivity index is 1.28. The number of oxazole rings is 1. The molecule has 1 amide bonds. The van der Waals surface area contributed by atoms with Crippen LogP contribution in [0.4, 0.5) is 5.69 Å². The summed E-state index contributed by atoms with van der Waals surface area (Å²) in [5, 5.41) is 2.85. The van der Waals surface area contributed by atoms with E-state index in [0.29, 0.717) is 28.4 Å². The fourth-order valence-electron chi connectivity index (χ4n) is 3.62. The van der Waals surface area contributed by atoms with Gasteiger partial charge in [-0.2, -0.15) is 0 Å². The second-order valence-corrected chi connectivity index (χ2v) is 7.75. The third-order valence-electron chi connectivity index (χ3n) is 5.36. The fraction of sp³-hybridized carbons (Fsp3) is 0.0714. The Hall–Kier alpha value is -4.38. The number of rotatable bonds is 6. The van der Waals surface area contributed by atoms with Crippen LogP contribution in [0.25, 0.3) is 33.7 Å². The first kappa shape index (κ1) is 20.5. The van der Waals surface area contributed by atoms with Crippen molar-refractivity contribution in [2.24, 2.45) is 0 Å². The summed E-state index contributed by atoms with van der Waals surface area (Å²) in [6.45, 7) is 1.87. The zero-order chi connectivity index (χ0) is 22.6. The molecule has 1 N–H and O–H groups in total. The number of para-hydroxylation sites is 1. The van der Waals surface area contributed by atoms with Crippen molar-refractivity contribution >= 4 is 22.7 Å². The average Bonchev–Trinajstić information content (AvgIpc) is 3.28. The average molecular weight is 434 g/mol. The Morgan fingerprint density at radius 2 is 1.55 bits per heavy atom. The molecule has 5 aromatic rings. The van der Waals surface area contributed by atoms with Crippen LogP contribution < -0.4 is 10.1 Å². The van der Waals surface area contributed by atoms with E-state index in [1.165, 1.54) is 0 Å². The highest BCUT2D eigenvalue weighted by Crippen LogP contribution is 2.28. The highest BCUT2D eigenvalue weighted by Gasteiger charge is 2.11. The molecule has 1 aromatic heterocycles. The van der Waals surface area contributed by atoms with E-state index in [4.69, 9.17) is 9.15 Å². The predicted molar refractivity (Wildman–Crippen MR) is 130 cm³/mol. The maximum absolute atomic E-state index is 12.3. The lowest BCUT2D eigenvalue weighted by atomic mass is 10.0. The molecule has 0 aliphatic rings. The molecule has 0 saturated carbocycles. The van der Waals surface area contributed by atoms with Crippen molar-refractivity contribution in [3.63, 3.8) is 0 Å². The summed E-state index contributed by atoms with van der Waals surface area (Å²) in [7, 11) is 0. The number of nitrogens with zero attached hydrogens (tertiary/aromatic N) is 1. The van der Waals surface area contributed by atoms with Crippen LogP contribution in [-0.4, -0.2) is 17.5 Å². The van der Waals surface area contributed by atoms with Gasteiger partial charge in [-0.05, 0) is 60.0 Å². The molecule has 0 atom stereocenters. The van der Waals surface area contributed by atoms with Gasteiger partial charge in [0.1, 0.15) is 11.3 Å². The van der Waals surface area contributed by atoms with E-state index in [-0.39, 0.29) is 12.5 Å². The Labute approximate surface area is 191 Å². The first-order valence-electron chi connectivity index (χ1n) is 10.7. The van der Waals surface area contributed by atoms with Crippen molar-refractivity contribution in [3.05, 3.63) is 103 Å². The lowest BCUT2D eigenvalue weighted by Gasteiger charge is -2.09. The number of hydrogen-bond donors (Lipinski definition) is 1. The van der Waals surface area contributed by atoms with E-state index in [2.05, 4.69) is 34.6 Å². The van der Waals surface area contributed by atoms with E-state index in [9.17, 15) is 4.79 Å². The highest BCUT2D eigenvalue weighted by atomic mass is 16.5. The molecule has 33 heavy (non-hydrogen) atoms. The maximum atomic E-state index is 12.3.